The fourth-order valence-corrected chi connectivity index (χ4v) is 1.37. The lowest BCUT2D eigenvalue weighted by atomic mass is 10.2. The third-order valence-electron chi connectivity index (χ3n) is 2.08. The van der Waals surface area contributed by atoms with Crippen LogP contribution in [-0.2, 0) is 10.1 Å². The lowest BCUT2D eigenvalue weighted by Gasteiger charge is -1.95. The summed E-state index contributed by atoms with van der Waals surface area (Å²) in [6.07, 6.45) is -0.0880. The van der Waals surface area contributed by atoms with E-state index in [1.54, 1.807) is 12.1 Å². The second-order valence-corrected chi connectivity index (χ2v) is 5.13. The van der Waals surface area contributed by atoms with Gasteiger partial charge in [0.2, 0.25) is 0 Å². The first-order chi connectivity index (χ1) is 7.30. The van der Waals surface area contributed by atoms with Crippen LogP contribution in [0.15, 0.2) is 29.2 Å². The average molecular weight is 247 g/mol. The van der Waals surface area contributed by atoms with Gasteiger partial charge in [-0.05, 0) is 25.5 Å². The van der Waals surface area contributed by atoms with Gasteiger partial charge in [-0.3, -0.25) is 4.55 Å². The summed E-state index contributed by atoms with van der Waals surface area (Å²) in [7, 11) is -4.02. The highest BCUT2D eigenvalue weighted by Gasteiger charge is 2.32. The number of alkyl halides is 1. The van der Waals surface area contributed by atoms with Gasteiger partial charge in [-0.1, -0.05) is 17.7 Å². The molecule has 0 radical (unpaired) electrons. The summed E-state index contributed by atoms with van der Waals surface area (Å²) in [5, 5.41) is 0. The van der Waals surface area contributed by atoms with E-state index in [9.17, 15) is 12.8 Å². The van der Waals surface area contributed by atoms with Gasteiger partial charge in [0.05, 0.1) is 4.90 Å². The molecular formula is C10H14FNO3S. The molecule has 1 aromatic rings. The summed E-state index contributed by atoms with van der Waals surface area (Å²) in [5.41, 5.74) is 5.95. The minimum atomic E-state index is -4.02. The van der Waals surface area contributed by atoms with Crippen LogP contribution < -0.4 is 5.73 Å². The Morgan fingerprint density at radius 2 is 1.75 bits per heavy atom. The van der Waals surface area contributed by atoms with Crippen molar-refractivity contribution in [2.75, 3.05) is 0 Å². The van der Waals surface area contributed by atoms with Crippen LogP contribution in [0.5, 0.6) is 0 Å². The lowest BCUT2D eigenvalue weighted by molar-refractivity contribution is 0.467. The molecule has 1 aliphatic rings. The second kappa shape index (κ2) is 4.90. The lowest BCUT2D eigenvalue weighted by Crippen LogP contribution is -2.00. The maximum absolute atomic E-state index is 11.4. The number of benzene rings is 1. The Balaban J connectivity index is 0.000000212. The van der Waals surface area contributed by atoms with Crippen molar-refractivity contribution >= 4 is 10.1 Å². The molecule has 0 heterocycles. The second-order valence-electron chi connectivity index (χ2n) is 3.70. The topological polar surface area (TPSA) is 80.4 Å². The first kappa shape index (κ1) is 13.1. The molecule has 2 rings (SSSR count). The smallest absolute Gasteiger partial charge is 0.294 e. The van der Waals surface area contributed by atoms with Crippen LogP contribution in [0.1, 0.15) is 12.0 Å². The predicted molar refractivity (Wildman–Crippen MR) is 58.5 cm³/mol. The van der Waals surface area contributed by atoms with Gasteiger partial charge in [-0.2, -0.15) is 8.42 Å². The van der Waals surface area contributed by atoms with Gasteiger partial charge in [-0.15, -0.1) is 0 Å². The van der Waals surface area contributed by atoms with E-state index >= 15 is 0 Å². The van der Waals surface area contributed by atoms with E-state index in [1.165, 1.54) is 12.1 Å². The molecule has 1 saturated carbocycles. The van der Waals surface area contributed by atoms with E-state index in [0.717, 1.165) is 5.56 Å². The maximum Gasteiger partial charge on any atom is 0.294 e. The predicted octanol–water partition coefficient (Wildman–Crippen LogP) is 1.30. The van der Waals surface area contributed by atoms with E-state index in [1.807, 2.05) is 6.92 Å². The molecule has 0 bridgehead atoms. The molecule has 0 spiro atoms. The molecule has 90 valence electrons. The van der Waals surface area contributed by atoms with Crippen molar-refractivity contribution in [3.8, 4) is 0 Å². The molecule has 0 amide bonds. The van der Waals surface area contributed by atoms with Crippen molar-refractivity contribution in [1.29, 1.82) is 0 Å². The van der Waals surface area contributed by atoms with Crippen LogP contribution in [0.25, 0.3) is 0 Å². The van der Waals surface area contributed by atoms with Gasteiger partial charge in [-0.25, -0.2) is 4.39 Å². The summed E-state index contributed by atoms with van der Waals surface area (Å²) in [6.45, 7) is 1.84. The van der Waals surface area contributed by atoms with E-state index < -0.39 is 16.3 Å². The Morgan fingerprint density at radius 1 is 1.38 bits per heavy atom. The monoisotopic (exact) mass is 247 g/mol. The van der Waals surface area contributed by atoms with E-state index in [-0.39, 0.29) is 10.9 Å². The number of nitrogens with two attached hydrogens (primary N) is 1. The molecule has 2 atom stereocenters. The summed E-state index contributed by atoms with van der Waals surface area (Å²) < 4.78 is 40.9. The van der Waals surface area contributed by atoms with Gasteiger partial charge in [0, 0.05) is 6.04 Å². The zero-order valence-corrected chi connectivity index (χ0v) is 9.61. The number of hydrogen-bond acceptors (Lipinski definition) is 3. The van der Waals surface area contributed by atoms with Gasteiger partial charge in [0.15, 0.2) is 0 Å². The van der Waals surface area contributed by atoms with Crippen LogP contribution in [0.4, 0.5) is 4.39 Å². The van der Waals surface area contributed by atoms with E-state index in [4.69, 9.17) is 10.3 Å². The van der Waals surface area contributed by atoms with Crippen molar-refractivity contribution in [3.63, 3.8) is 0 Å². The third kappa shape index (κ3) is 4.26. The summed E-state index contributed by atoms with van der Waals surface area (Å²) in [6, 6.07) is 5.87. The molecule has 3 N–H and O–H groups in total. The molecule has 0 saturated heterocycles. The minimum absolute atomic E-state index is 0.0666. The maximum atomic E-state index is 11.4. The quantitative estimate of drug-likeness (QED) is 0.733. The van der Waals surface area contributed by atoms with Gasteiger partial charge < -0.3 is 5.73 Å². The summed E-state index contributed by atoms with van der Waals surface area (Å²) in [4.78, 5) is -0.0666. The number of rotatable bonds is 1. The van der Waals surface area contributed by atoms with Crippen LogP contribution in [-0.4, -0.2) is 25.2 Å². The SMILES string of the molecule is Cc1ccc(S(=O)(=O)O)cc1.N[C@H]1C[C@@H]1F. The zero-order chi connectivity index (χ0) is 12.3. The highest BCUT2D eigenvalue weighted by Crippen LogP contribution is 2.21. The van der Waals surface area contributed by atoms with Crippen molar-refractivity contribution in [2.45, 2.75) is 30.5 Å². The molecule has 6 heteroatoms. The molecule has 1 fully saturated rings. The Morgan fingerprint density at radius 3 is 2.00 bits per heavy atom. The summed E-state index contributed by atoms with van der Waals surface area (Å²) in [5.74, 6) is 0. The Hall–Kier alpha value is -0.980. The number of hydrogen-bond donors (Lipinski definition) is 2. The molecule has 1 aliphatic carbocycles. The van der Waals surface area contributed by atoms with Crippen molar-refractivity contribution < 1.29 is 17.4 Å². The fourth-order valence-electron chi connectivity index (χ4n) is 0.892. The molecule has 0 aromatic heterocycles. The normalized spacial score (nSPS) is 23.2. The Labute approximate surface area is 94.0 Å². The van der Waals surface area contributed by atoms with Gasteiger partial charge >= 0.3 is 0 Å². The van der Waals surface area contributed by atoms with Crippen molar-refractivity contribution in [1.82, 2.24) is 0 Å². The van der Waals surface area contributed by atoms with Crippen LogP contribution in [0.2, 0.25) is 0 Å². The molecule has 0 unspecified atom stereocenters. The molecule has 0 aliphatic heterocycles. The van der Waals surface area contributed by atoms with Crippen LogP contribution >= 0.6 is 0 Å². The Kier molecular flexibility index (Phi) is 4.01. The molecular weight excluding hydrogens is 233 g/mol. The van der Waals surface area contributed by atoms with Gasteiger partial charge in [0.1, 0.15) is 6.17 Å². The minimum Gasteiger partial charge on any atom is -0.325 e. The molecule has 4 nitrogen and oxygen atoms in total. The largest absolute Gasteiger partial charge is 0.325 e. The van der Waals surface area contributed by atoms with Crippen molar-refractivity contribution in [3.05, 3.63) is 29.8 Å². The molecule has 1 aromatic carbocycles. The van der Waals surface area contributed by atoms with E-state index in [0.29, 0.717) is 6.42 Å². The fraction of sp³-hybridized carbons (Fsp3) is 0.400. The number of halogens is 1. The van der Waals surface area contributed by atoms with Crippen molar-refractivity contribution in [2.24, 2.45) is 5.73 Å². The summed E-state index contributed by atoms with van der Waals surface area (Å²) >= 11 is 0. The standard InChI is InChI=1S/C7H8O3S.C3H6FN/c1-6-2-4-7(5-3-6)11(8,9)10;4-2-1-3(2)5/h2-5H,1H3,(H,8,9,10);2-3H,1,5H2/t;2-,3-/m.0/s1. The molecule has 16 heavy (non-hydrogen) atoms. The zero-order valence-electron chi connectivity index (χ0n) is 8.80. The third-order valence-corrected chi connectivity index (χ3v) is 2.95. The Bertz CT molecular complexity index is 438. The number of aryl methyl sites for hydroxylation is 1. The van der Waals surface area contributed by atoms with Gasteiger partial charge in [0.25, 0.3) is 10.1 Å². The average Bonchev–Trinajstić information content (AvgIpc) is 2.79. The van der Waals surface area contributed by atoms with Crippen LogP contribution in [0, 0.1) is 6.92 Å². The van der Waals surface area contributed by atoms with E-state index in [2.05, 4.69) is 0 Å². The first-order valence-corrected chi connectivity index (χ1v) is 6.18. The van der Waals surface area contributed by atoms with Crippen LogP contribution in [0.3, 0.4) is 0 Å². The highest BCUT2D eigenvalue weighted by molar-refractivity contribution is 7.85. The first-order valence-electron chi connectivity index (χ1n) is 4.74. The highest BCUT2D eigenvalue weighted by atomic mass is 32.2.